The maximum absolute atomic E-state index is 14.4. The highest BCUT2D eigenvalue weighted by molar-refractivity contribution is 5.92. The molecule has 170 valence electrons. The van der Waals surface area contributed by atoms with E-state index in [0.717, 1.165) is 38.4 Å². The molecule has 2 fully saturated rings. The van der Waals surface area contributed by atoms with Crippen molar-refractivity contribution >= 4 is 17.9 Å². The summed E-state index contributed by atoms with van der Waals surface area (Å²) < 4.78 is 14.4. The fraction of sp³-hybridized carbons (Fsp3) is 0.478. The molecule has 2 heterocycles. The number of hydrogen-bond acceptors (Lipinski definition) is 6. The van der Waals surface area contributed by atoms with Gasteiger partial charge in [-0.25, -0.2) is 9.37 Å². The molecule has 32 heavy (non-hydrogen) atoms. The van der Waals surface area contributed by atoms with Gasteiger partial charge in [-0.05, 0) is 30.9 Å². The summed E-state index contributed by atoms with van der Waals surface area (Å²) in [5.41, 5.74) is 5.80. The van der Waals surface area contributed by atoms with E-state index in [9.17, 15) is 14.0 Å². The number of aromatic nitrogens is 2. The van der Waals surface area contributed by atoms with E-state index < -0.39 is 11.7 Å². The Morgan fingerprint density at radius 2 is 2.12 bits per heavy atom. The standard InChI is InChI=1S/C23H29FN6O2/c1-13-10-30(11-15-7-6-14(20(26)31)8-19(15)24)12-18(13)22-28-21(17(9-25)23(32)29-22)27-16-4-2-3-5-16/h6-9,13,16,18,25H,2-5,10-12H2,1H3,(H2,26,31)(H2,27,28,29,32). The summed E-state index contributed by atoms with van der Waals surface area (Å²) in [5, 5.41) is 11.0. The highest BCUT2D eigenvalue weighted by atomic mass is 19.1. The third-order valence-corrected chi connectivity index (χ3v) is 6.58. The van der Waals surface area contributed by atoms with Gasteiger partial charge in [0.2, 0.25) is 5.91 Å². The number of nitrogens with zero attached hydrogens (tertiary/aromatic N) is 2. The second-order valence-corrected chi connectivity index (χ2v) is 8.93. The average Bonchev–Trinajstić information content (AvgIpc) is 3.38. The first kappa shape index (κ1) is 22.1. The lowest BCUT2D eigenvalue weighted by Gasteiger charge is -2.19. The lowest BCUT2D eigenvalue weighted by molar-refractivity contribution is 0.1000. The van der Waals surface area contributed by atoms with E-state index >= 15 is 0 Å². The summed E-state index contributed by atoms with van der Waals surface area (Å²) in [6, 6.07) is 4.58. The number of H-pyrrole nitrogens is 1. The van der Waals surface area contributed by atoms with Crippen LogP contribution in [0.5, 0.6) is 0 Å². The number of anilines is 1. The van der Waals surface area contributed by atoms with Crippen LogP contribution in [0.1, 0.15) is 65.8 Å². The number of benzene rings is 1. The largest absolute Gasteiger partial charge is 0.367 e. The molecule has 1 aromatic heterocycles. The van der Waals surface area contributed by atoms with E-state index in [2.05, 4.69) is 22.1 Å². The second-order valence-electron chi connectivity index (χ2n) is 8.93. The number of nitrogens with one attached hydrogen (secondary N) is 3. The van der Waals surface area contributed by atoms with Gasteiger partial charge in [-0.3, -0.25) is 14.5 Å². The molecule has 1 saturated carbocycles. The molecule has 0 spiro atoms. The second kappa shape index (κ2) is 9.20. The van der Waals surface area contributed by atoms with Crippen molar-refractivity contribution in [2.45, 2.75) is 51.1 Å². The highest BCUT2D eigenvalue weighted by Gasteiger charge is 2.33. The van der Waals surface area contributed by atoms with Crippen LogP contribution in [0.3, 0.4) is 0 Å². The summed E-state index contributed by atoms with van der Waals surface area (Å²) in [5.74, 6) is 0.152. The van der Waals surface area contributed by atoms with Crippen molar-refractivity contribution in [3.05, 3.63) is 56.9 Å². The van der Waals surface area contributed by atoms with Crippen molar-refractivity contribution < 1.29 is 9.18 Å². The molecular formula is C23H29FN6O2. The molecule has 5 N–H and O–H groups in total. The normalized spacial score (nSPS) is 21.7. The van der Waals surface area contributed by atoms with Crippen LogP contribution in [0.15, 0.2) is 23.0 Å². The topological polar surface area (TPSA) is 128 Å². The minimum absolute atomic E-state index is 0.0143. The molecule has 8 nitrogen and oxygen atoms in total. The summed E-state index contributed by atoms with van der Waals surface area (Å²) in [7, 11) is 0. The maximum Gasteiger partial charge on any atom is 0.261 e. The first-order valence-electron chi connectivity index (χ1n) is 11.1. The van der Waals surface area contributed by atoms with Gasteiger partial charge in [0.15, 0.2) is 0 Å². The fourth-order valence-electron chi connectivity index (χ4n) is 4.80. The molecule has 0 bridgehead atoms. The van der Waals surface area contributed by atoms with Crippen LogP contribution in [-0.4, -0.2) is 46.1 Å². The van der Waals surface area contributed by atoms with Crippen LogP contribution < -0.4 is 16.6 Å². The predicted molar refractivity (Wildman–Crippen MR) is 121 cm³/mol. The van der Waals surface area contributed by atoms with Crippen LogP contribution in [0.2, 0.25) is 0 Å². The first-order valence-corrected chi connectivity index (χ1v) is 11.1. The molecule has 0 radical (unpaired) electrons. The number of halogens is 1. The molecule has 1 saturated heterocycles. The molecule has 1 aliphatic heterocycles. The predicted octanol–water partition coefficient (Wildman–Crippen LogP) is 2.60. The molecule has 2 aromatic rings. The maximum atomic E-state index is 14.4. The summed E-state index contributed by atoms with van der Waals surface area (Å²) in [4.78, 5) is 33.6. The monoisotopic (exact) mass is 440 g/mol. The van der Waals surface area contributed by atoms with E-state index in [-0.39, 0.29) is 34.6 Å². The van der Waals surface area contributed by atoms with Gasteiger partial charge >= 0.3 is 0 Å². The van der Waals surface area contributed by atoms with Crippen molar-refractivity contribution in [3.63, 3.8) is 0 Å². The zero-order valence-electron chi connectivity index (χ0n) is 18.2. The third kappa shape index (κ3) is 4.57. The quantitative estimate of drug-likeness (QED) is 0.492. The number of carbonyl (C=O) groups excluding carboxylic acids is 1. The van der Waals surface area contributed by atoms with Gasteiger partial charge in [-0.15, -0.1) is 0 Å². The Labute approximate surface area is 185 Å². The molecule has 2 atom stereocenters. The SMILES string of the molecule is CC1CN(Cc2ccc(C(N)=O)cc2F)CC1c1nc(NC2CCCC2)c(C=N)c(=O)[nH]1. The molecule has 1 aliphatic carbocycles. The van der Waals surface area contributed by atoms with E-state index in [4.69, 9.17) is 16.1 Å². The van der Waals surface area contributed by atoms with Crippen LogP contribution in [-0.2, 0) is 6.54 Å². The molecule has 4 rings (SSSR count). The summed E-state index contributed by atoms with van der Waals surface area (Å²) >= 11 is 0. The zero-order valence-corrected chi connectivity index (χ0v) is 18.2. The Kier molecular flexibility index (Phi) is 6.36. The Balaban J connectivity index is 1.53. The summed E-state index contributed by atoms with van der Waals surface area (Å²) in [6.45, 7) is 3.82. The number of primary amides is 1. The van der Waals surface area contributed by atoms with Gasteiger partial charge in [-0.1, -0.05) is 25.8 Å². The Morgan fingerprint density at radius 1 is 1.38 bits per heavy atom. The minimum Gasteiger partial charge on any atom is -0.367 e. The number of amides is 1. The Hall–Kier alpha value is -3.07. The fourth-order valence-corrected chi connectivity index (χ4v) is 4.80. The number of aromatic amines is 1. The third-order valence-electron chi connectivity index (χ3n) is 6.58. The molecule has 9 heteroatoms. The number of nitrogens with two attached hydrogens (primary N) is 1. The highest BCUT2D eigenvalue weighted by Crippen LogP contribution is 2.32. The lowest BCUT2D eigenvalue weighted by atomic mass is 9.97. The van der Waals surface area contributed by atoms with Crippen LogP contribution in [0.4, 0.5) is 10.2 Å². The first-order chi connectivity index (χ1) is 15.4. The van der Waals surface area contributed by atoms with Gasteiger partial charge in [0.25, 0.3) is 5.56 Å². The number of carbonyl (C=O) groups is 1. The van der Waals surface area contributed by atoms with Crippen molar-refractivity contribution in [2.24, 2.45) is 11.7 Å². The zero-order chi connectivity index (χ0) is 22.8. The van der Waals surface area contributed by atoms with E-state index in [0.29, 0.717) is 30.3 Å². The van der Waals surface area contributed by atoms with Crippen molar-refractivity contribution in [3.8, 4) is 0 Å². The van der Waals surface area contributed by atoms with Gasteiger partial charge in [-0.2, -0.15) is 0 Å². The Bertz CT molecular complexity index is 1080. The van der Waals surface area contributed by atoms with Gasteiger partial charge in [0.05, 0.1) is 5.56 Å². The molecule has 1 aromatic carbocycles. The Morgan fingerprint density at radius 3 is 2.78 bits per heavy atom. The van der Waals surface area contributed by atoms with Crippen LogP contribution >= 0.6 is 0 Å². The molecule has 2 unspecified atom stereocenters. The lowest BCUT2D eigenvalue weighted by Crippen LogP contribution is -2.26. The van der Waals surface area contributed by atoms with Crippen LogP contribution in [0.25, 0.3) is 0 Å². The number of likely N-dealkylation sites (tertiary alicyclic amines) is 1. The van der Waals surface area contributed by atoms with E-state index in [1.54, 1.807) is 6.07 Å². The van der Waals surface area contributed by atoms with Crippen LogP contribution in [0, 0.1) is 17.1 Å². The average molecular weight is 441 g/mol. The van der Waals surface area contributed by atoms with Crippen molar-refractivity contribution in [1.29, 1.82) is 5.41 Å². The van der Waals surface area contributed by atoms with Gasteiger partial charge in [0.1, 0.15) is 17.5 Å². The van der Waals surface area contributed by atoms with Gasteiger partial charge < -0.3 is 21.4 Å². The number of hydrogen-bond donors (Lipinski definition) is 4. The van der Waals surface area contributed by atoms with E-state index in [1.165, 1.54) is 12.1 Å². The minimum atomic E-state index is -0.657. The van der Waals surface area contributed by atoms with Gasteiger partial charge in [0, 0.05) is 48.9 Å². The smallest absolute Gasteiger partial charge is 0.261 e. The molecule has 2 aliphatic rings. The number of rotatable bonds is 7. The van der Waals surface area contributed by atoms with E-state index in [1.807, 2.05) is 0 Å². The molecule has 1 amide bonds. The van der Waals surface area contributed by atoms with Crippen molar-refractivity contribution in [2.75, 3.05) is 18.4 Å². The van der Waals surface area contributed by atoms with Crippen molar-refractivity contribution in [1.82, 2.24) is 14.9 Å². The molecular weight excluding hydrogens is 411 g/mol. The summed E-state index contributed by atoms with van der Waals surface area (Å²) in [6.07, 6.45) is 5.43.